The minimum atomic E-state index is 0.648. The van der Waals surface area contributed by atoms with Crippen molar-refractivity contribution in [3.63, 3.8) is 0 Å². The number of anilines is 6. The first-order valence-electron chi connectivity index (χ1n) is 34.6. The largest absolute Gasteiger partial charge is 0.310 e. The molecule has 0 aliphatic carbocycles. The molecule has 482 valence electrons. The fraction of sp³-hybridized carbons (Fsp3) is 0.0213. The molecule has 0 radical (unpaired) electrons. The summed E-state index contributed by atoms with van der Waals surface area (Å²) in [4.78, 5) is 25.8. The highest BCUT2D eigenvalue weighted by Crippen LogP contribution is 2.44. The second-order valence-electron chi connectivity index (χ2n) is 25.9. The highest BCUT2D eigenvalue weighted by atomic mass is 15.2. The minimum Gasteiger partial charge on any atom is -0.310 e. The van der Waals surface area contributed by atoms with Crippen molar-refractivity contribution in [2.24, 2.45) is 0 Å². The Morgan fingerprint density at radius 1 is 0.225 bits per heavy atom. The van der Waals surface area contributed by atoms with E-state index in [-0.39, 0.29) is 0 Å². The third-order valence-electron chi connectivity index (χ3n) is 19.5. The lowest BCUT2D eigenvalue weighted by Crippen LogP contribution is -2.10. The molecular weight excluding hydrogens is 1240 g/mol. The Morgan fingerprint density at radius 2 is 0.627 bits per heavy atom. The lowest BCUT2D eigenvalue weighted by atomic mass is 10.0. The molecule has 4 heterocycles. The van der Waals surface area contributed by atoms with Gasteiger partial charge in [-0.1, -0.05) is 224 Å². The fourth-order valence-electron chi connectivity index (χ4n) is 14.7. The van der Waals surface area contributed by atoms with Gasteiger partial charge in [0.15, 0.2) is 11.6 Å². The first-order valence-corrected chi connectivity index (χ1v) is 34.6. The summed E-state index contributed by atoms with van der Waals surface area (Å²) >= 11 is 0. The van der Waals surface area contributed by atoms with Gasteiger partial charge in [0.2, 0.25) is 0 Å². The predicted molar refractivity (Wildman–Crippen MR) is 423 cm³/mol. The van der Waals surface area contributed by atoms with E-state index in [1.54, 1.807) is 0 Å². The van der Waals surface area contributed by atoms with Crippen molar-refractivity contribution >= 4 is 77.7 Å². The summed E-state index contributed by atoms with van der Waals surface area (Å²) in [6.45, 7) is 4.39. The van der Waals surface area contributed by atoms with Gasteiger partial charge in [-0.15, -0.1) is 0 Å². The smallest absolute Gasteiger partial charge is 0.160 e. The second-order valence-corrected chi connectivity index (χ2v) is 25.9. The standard InChI is InChI=1S/C94H66N8/c1-63-56-76(48-51-79(63)87-62-85(66-29-11-4-12-30-66)95-93(98-87)67-31-13-5-14-32-67)101-89-45-23-21-43-80(89)82-60-78(49-53-91(82)101)100(74-40-19-8-20-41-74)75-42-26-34-69(58-75)68-33-25-35-71(57-68)94-96-84(65-27-9-3-10-28-65)61-86(97-94)70-47-52-88(64(2)55-70)102-90-46-24-22-44-81(90)83-59-77(50-54-92(83)102)99(72-36-15-6-16-37-72)73-38-17-7-18-39-73/h3-62H,1-2H3. The van der Waals surface area contributed by atoms with E-state index in [1.165, 1.54) is 16.2 Å². The maximum atomic E-state index is 5.44. The van der Waals surface area contributed by atoms with Crippen LogP contribution in [0.4, 0.5) is 34.1 Å². The molecule has 14 aromatic carbocycles. The normalized spacial score (nSPS) is 11.4. The molecule has 18 rings (SSSR count). The molecule has 0 aliphatic heterocycles. The first kappa shape index (κ1) is 60.8. The molecule has 0 bridgehead atoms. The van der Waals surface area contributed by atoms with Crippen LogP contribution in [0.2, 0.25) is 0 Å². The van der Waals surface area contributed by atoms with Gasteiger partial charge in [-0.2, -0.15) is 0 Å². The lowest BCUT2D eigenvalue weighted by Gasteiger charge is -2.26. The van der Waals surface area contributed by atoms with Crippen LogP contribution >= 0.6 is 0 Å². The zero-order valence-corrected chi connectivity index (χ0v) is 56.2. The molecule has 18 aromatic rings. The molecule has 0 unspecified atom stereocenters. The predicted octanol–water partition coefficient (Wildman–Crippen LogP) is 24.7. The second kappa shape index (κ2) is 26.0. The van der Waals surface area contributed by atoms with E-state index in [2.05, 4.69) is 366 Å². The van der Waals surface area contributed by atoms with E-state index in [0.29, 0.717) is 11.6 Å². The molecule has 4 aromatic heterocycles. The van der Waals surface area contributed by atoms with Crippen LogP contribution in [-0.4, -0.2) is 29.1 Å². The molecule has 0 fully saturated rings. The van der Waals surface area contributed by atoms with Crippen LogP contribution in [-0.2, 0) is 0 Å². The van der Waals surface area contributed by atoms with E-state index in [9.17, 15) is 0 Å². The number of hydrogen-bond donors (Lipinski definition) is 0. The highest BCUT2D eigenvalue weighted by molar-refractivity contribution is 6.12. The maximum Gasteiger partial charge on any atom is 0.160 e. The SMILES string of the molecule is Cc1cc(-n2c3ccccc3c3cc(N(c4ccccc4)c4cccc(-c5cccc(-c6nc(-c7ccccc7)cc(-c7ccc(-n8c9ccccc9c9cc(N(c%10ccccc%10)c%10ccccc%10)ccc98)c(C)c7)n6)c5)c4)ccc32)ccc1-c1cc(-c2ccccc2)nc(-c2ccccc2)n1. The molecular formula is C94H66N8. The molecule has 8 nitrogen and oxygen atoms in total. The Kier molecular flexibility index (Phi) is 15.5. The van der Waals surface area contributed by atoms with Crippen molar-refractivity contribution in [1.29, 1.82) is 0 Å². The quantitative estimate of drug-likeness (QED) is 0.102. The van der Waals surface area contributed by atoms with Gasteiger partial charge in [0, 0.05) is 100 Å². The summed E-state index contributed by atoms with van der Waals surface area (Å²) < 4.78 is 4.80. The molecule has 0 saturated carbocycles. The number of nitrogens with zero attached hydrogens (tertiary/aromatic N) is 8. The van der Waals surface area contributed by atoms with Crippen molar-refractivity contribution in [2.45, 2.75) is 13.8 Å². The van der Waals surface area contributed by atoms with Crippen molar-refractivity contribution in [2.75, 3.05) is 9.80 Å². The summed E-state index contributed by atoms with van der Waals surface area (Å²) in [5, 5.41) is 4.70. The van der Waals surface area contributed by atoms with Gasteiger partial charge in [-0.3, -0.25) is 0 Å². The molecule has 0 amide bonds. The topological polar surface area (TPSA) is 67.9 Å². The van der Waals surface area contributed by atoms with Gasteiger partial charge in [0.1, 0.15) is 0 Å². The van der Waals surface area contributed by atoms with Crippen molar-refractivity contribution in [1.82, 2.24) is 29.1 Å². The summed E-state index contributed by atoms with van der Waals surface area (Å²) in [5.74, 6) is 1.34. The average molecular weight is 1310 g/mol. The summed E-state index contributed by atoms with van der Waals surface area (Å²) in [7, 11) is 0. The van der Waals surface area contributed by atoms with Crippen LogP contribution < -0.4 is 9.80 Å². The van der Waals surface area contributed by atoms with Gasteiger partial charge >= 0.3 is 0 Å². The average Bonchev–Trinajstić information content (AvgIpc) is 1.56. The van der Waals surface area contributed by atoms with Crippen LogP contribution in [0.5, 0.6) is 0 Å². The van der Waals surface area contributed by atoms with Crippen LogP contribution in [0.15, 0.2) is 364 Å². The van der Waals surface area contributed by atoms with Gasteiger partial charge in [-0.25, -0.2) is 19.9 Å². The summed E-state index contributed by atoms with van der Waals surface area (Å²) in [5.41, 5.74) is 27.0. The molecule has 8 heteroatoms. The number of aryl methyl sites for hydroxylation is 2. The van der Waals surface area contributed by atoms with Crippen molar-refractivity contribution in [3.8, 4) is 90.3 Å². The Balaban J connectivity index is 0.684. The Hall–Kier alpha value is -13.6. The maximum absolute atomic E-state index is 5.44. The van der Waals surface area contributed by atoms with Gasteiger partial charge in [-0.05, 0) is 176 Å². The molecule has 0 spiro atoms. The van der Waals surface area contributed by atoms with E-state index < -0.39 is 0 Å². The third-order valence-corrected chi connectivity index (χ3v) is 19.5. The molecule has 0 atom stereocenters. The zero-order valence-electron chi connectivity index (χ0n) is 56.2. The fourth-order valence-corrected chi connectivity index (χ4v) is 14.7. The first-order chi connectivity index (χ1) is 50.4. The monoisotopic (exact) mass is 1310 g/mol. The summed E-state index contributed by atoms with van der Waals surface area (Å²) in [6, 6.07) is 129. The Morgan fingerprint density at radius 3 is 1.19 bits per heavy atom. The number of aromatic nitrogens is 6. The number of para-hydroxylation sites is 5. The van der Waals surface area contributed by atoms with E-state index >= 15 is 0 Å². The molecule has 0 N–H and O–H groups in total. The van der Waals surface area contributed by atoms with E-state index in [1.807, 2.05) is 30.3 Å². The van der Waals surface area contributed by atoms with Gasteiger partial charge < -0.3 is 18.9 Å². The van der Waals surface area contributed by atoms with Crippen LogP contribution in [0.1, 0.15) is 11.1 Å². The van der Waals surface area contributed by atoms with Gasteiger partial charge in [0.25, 0.3) is 0 Å². The molecule has 0 aliphatic rings. The van der Waals surface area contributed by atoms with Crippen molar-refractivity contribution in [3.05, 3.63) is 375 Å². The molecule has 0 saturated heterocycles. The van der Waals surface area contributed by atoms with Gasteiger partial charge in [0.05, 0.1) is 44.8 Å². The van der Waals surface area contributed by atoms with Crippen molar-refractivity contribution < 1.29 is 0 Å². The van der Waals surface area contributed by atoms with E-state index in [4.69, 9.17) is 19.9 Å². The van der Waals surface area contributed by atoms with E-state index in [0.717, 1.165) is 151 Å². The number of rotatable bonds is 15. The number of benzene rings is 14. The number of fused-ring (bicyclic) bond motifs is 6. The Bertz CT molecular complexity index is 6050. The van der Waals surface area contributed by atoms with Crippen LogP contribution in [0.3, 0.4) is 0 Å². The van der Waals surface area contributed by atoms with Crippen LogP contribution in [0, 0.1) is 13.8 Å². The third kappa shape index (κ3) is 11.3. The van der Waals surface area contributed by atoms with Crippen LogP contribution in [0.25, 0.3) is 134 Å². The lowest BCUT2D eigenvalue weighted by molar-refractivity contribution is 1.14. The zero-order chi connectivity index (χ0) is 68.0. The highest BCUT2D eigenvalue weighted by Gasteiger charge is 2.23. The number of hydrogen-bond acceptors (Lipinski definition) is 6. The summed E-state index contributed by atoms with van der Waals surface area (Å²) in [6.07, 6.45) is 0. The molecule has 102 heavy (non-hydrogen) atoms. The Labute approximate surface area is 592 Å². The minimum absolute atomic E-state index is 0.648.